The van der Waals surface area contributed by atoms with Gasteiger partial charge in [-0.3, -0.25) is 19.9 Å². The normalized spacial score (nSPS) is 17.5. The van der Waals surface area contributed by atoms with Crippen LogP contribution in [0.2, 0.25) is 0 Å². The Morgan fingerprint density at radius 1 is 1.27 bits per heavy atom. The Kier molecular flexibility index (Phi) is 4.46. The topological polar surface area (TPSA) is 78.6 Å². The molecule has 0 spiro atoms. The number of aromatic nitrogens is 3. The second-order valence-electron chi connectivity index (χ2n) is 7.62. The summed E-state index contributed by atoms with van der Waals surface area (Å²) in [6.07, 6.45) is 4.55. The number of pyridine rings is 1. The van der Waals surface area contributed by atoms with Crippen molar-refractivity contribution in [2.24, 2.45) is 12.0 Å². The van der Waals surface area contributed by atoms with Crippen LogP contribution >= 0.6 is 0 Å². The molecule has 4 heterocycles. The largest absolute Gasteiger partial charge is 0.366 e. The van der Waals surface area contributed by atoms with Crippen LogP contribution in [-0.2, 0) is 7.05 Å². The van der Waals surface area contributed by atoms with Crippen molar-refractivity contribution >= 4 is 29.6 Å². The third kappa shape index (κ3) is 3.20. The first kappa shape index (κ1) is 18.4. The van der Waals surface area contributed by atoms with Crippen molar-refractivity contribution in [3.8, 4) is 11.3 Å². The number of urea groups is 1. The van der Waals surface area contributed by atoms with Gasteiger partial charge in [-0.25, -0.2) is 9.78 Å². The predicted molar refractivity (Wildman–Crippen MR) is 119 cm³/mol. The molecule has 2 aromatic heterocycles. The summed E-state index contributed by atoms with van der Waals surface area (Å²) in [5.74, 6) is 1.23. The summed E-state index contributed by atoms with van der Waals surface area (Å²) < 4.78 is 1.67. The van der Waals surface area contributed by atoms with E-state index in [4.69, 9.17) is 4.98 Å². The van der Waals surface area contributed by atoms with Crippen molar-refractivity contribution in [2.45, 2.75) is 12.5 Å². The average molecular weight is 401 g/mol. The molecule has 1 aromatic carbocycles. The maximum atomic E-state index is 13.2. The van der Waals surface area contributed by atoms with E-state index in [0.29, 0.717) is 11.6 Å². The number of hydrogen-bond acceptors (Lipinski definition) is 5. The van der Waals surface area contributed by atoms with E-state index in [9.17, 15) is 4.79 Å². The average Bonchev–Trinajstić information content (AvgIpc) is 3.35. The molecule has 2 aliphatic rings. The lowest BCUT2D eigenvalue weighted by atomic mass is 10.1. The molecule has 2 bridgehead atoms. The molecule has 0 aliphatic carbocycles. The molecule has 1 saturated heterocycles. The molecule has 1 fully saturated rings. The zero-order valence-corrected chi connectivity index (χ0v) is 17.0. The lowest BCUT2D eigenvalue weighted by molar-refractivity contribution is 0.254. The molecule has 30 heavy (non-hydrogen) atoms. The van der Waals surface area contributed by atoms with Gasteiger partial charge in [0.1, 0.15) is 0 Å². The molecule has 0 unspecified atom stereocenters. The van der Waals surface area contributed by atoms with Gasteiger partial charge in [-0.15, -0.1) is 0 Å². The number of carbonyl (C=O) groups excluding carboxylic acids is 1. The van der Waals surface area contributed by atoms with Crippen LogP contribution in [-0.4, -0.2) is 53.2 Å². The van der Waals surface area contributed by atoms with E-state index in [0.717, 1.165) is 42.0 Å². The van der Waals surface area contributed by atoms with Crippen molar-refractivity contribution in [2.75, 3.05) is 35.3 Å². The van der Waals surface area contributed by atoms with Gasteiger partial charge >= 0.3 is 6.03 Å². The summed E-state index contributed by atoms with van der Waals surface area (Å²) in [5.41, 5.74) is 3.84. The first-order valence-corrected chi connectivity index (χ1v) is 10.0. The maximum Gasteiger partial charge on any atom is 0.329 e. The SMILES string of the molecule is C/N=C/c1cccc(-c2ccc3c(n2)N(C(=O)Nc2ccn(C)n2)[C@H]2CCN3C2)c1. The van der Waals surface area contributed by atoms with Crippen LogP contribution in [0.1, 0.15) is 12.0 Å². The molecule has 2 amide bonds. The van der Waals surface area contributed by atoms with Gasteiger partial charge < -0.3 is 4.90 Å². The summed E-state index contributed by atoms with van der Waals surface area (Å²) in [5, 5.41) is 7.19. The summed E-state index contributed by atoms with van der Waals surface area (Å²) >= 11 is 0. The third-order valence-electron chi connectivity index (χ3n) is 5.58. The van der Waals surface area contributed by atoms with Crippen molar-refractivity contribution in [3.05, 3.63) is 54.2 Å². The number of hydrogen-bond donors (Lipinski definition) is 1. The number of aliphatic imine (C=N–C) groups is 1. The molecular formula is C22H23N7O. The number of anilines is 3. The van der Waals surface area contributed by atoms with Gasteiger partial charge in [0.05, 0.1) is 17.4 Å². The lowest BCUT2D eigenvalue weighted by Crippen LogP contribution is -2.48. The minimum atomic E-state index is -0.196. The molecular weight excluding hydrogens is 378 g/mol. The molecule has 5 rings (SSSR count). The van der Waals surface area contributed by atoms with Crippen LogP contribution in [0.15, 0.2) is 53.7 Å². The highest BCUT2D eigenvalue weighted by Gasteiger charge is 2.40. The van der Waals surface area contributed by atoms with Crippen LogP contribution in [0.25, 0.3) is 11.3 Å². The summed E-state index contributed by atoms with van der Waals surface area (Å²) in [4.78, 5) is 26.3. The first-order chi connectivity index (χ1) is 14.6. The second-order valence-corrected chi connectivity index (χ2v) is 7.62. The third-order valence-corrected chi connectivity index (χ3v) is 5.58. The Morgan fingerprint density at radius 3 is 2.97 bits per heavy atom. The zero-order chi connectivity index (χ0) is 20.7. The number of amides is 2. The highest BCUT2D eigenvalue weighted by atomic mass is 16.2. The van der Waals surface area contributed by atoms with Gasteiger partial charge in [0.2, 0.25) is 0 Å². The quantitative estimate of drug-likeness (QED) is 0.684. The predicted octanol–water partition coefficient (Wildman–Crippen LogP) is 3.16. The van der Waals surface area contributed by atoms with Crippen molar-refractivity contribution in [1.29, 1.82) is 0 Å². The van der Waals surface area contributed by atoms with E-state index in [1.165, 1.54) is 0 Å². The minimum absolute atomic E-state index is 0.0996. The molecule has 1 atom stereocenters. The molecule has 152 valence electrons. The second kappa shape index (κ2) is 7.29. The van der Waals surface area contributed by atoms with Crippen molar-refractivity contribution in [3.63, 3.8) is 0 Å². The minimum Gasteiger partial charge on any atom is -0.366 e. The highest BCUT2D eigenvalue weighted by molar-refractivity contribution is 6.04. The fraction of sp³-hybridized carbons (Fsp3) is 0.273. The summed E-state index contributed by atoms with van der Waals surface area (Å²) in [6.45, 7) is 1.75. The van der Waals surface area contributed by atoms with Crippen molar-refractivity contribution in [1.82, 2.24) is 14.8 Å². The number of aryl methyl sites for hydroxylation is 1. The van der Waals surface area contributed by atoms with Crippen LogP contribution in [0.3, 0.4) is 0 Å². The number of rotatable bonds is 3. The molecule has 2 aliphatic heterocycles. The Bertz CT molecular complexity index is 1140. The Morgan fingerprint density at radius 2 is 2.17 bits per heavy atom. The fourth-order valence-corrected chi connectivity index (χ4v) is 4.21. The number of fused-ring (bicyclic) bond motifs is 4. The van der Waals surface area contributed by atoms with Crippen LogP contribution < -0.4 is 15.1 Å². The monoisotopic (exact) mass is 401 g/mol. The van der Waals surface area contributed by atoms with Crippen LogP contribution in [0.5, 0.6) is 0 Å². The van der Waals surface area contributed by atoms with Gasteiger partial charge in [-0.05, 0) is 30.2 Å². The van der Waals surface area contributed by atoms with Crippen LogP contribution in [0.4, 0.5) is 22.1 Å². The Hall–Kier alpha value is -3.68. The first-order valence-electron chi connectivity index (χ1n) is 10.0. The summed E-state index contributed by atoms with van der Waals surface area (Å²) in [6, 6.07) is 13.9. The summed E-state index contributed by atoms with van der Waals surface area (Å²) in [7, 11) is 3.58. The number of carbonyl (C=O) groups is 1. The van der Waals surface area contributed by atoms with E-state index in [1.807, 2.05) is 37.5 Å². The lowest BCUT2D eigenvalue weighted by Gasteiger charge is -2.35. The van der Waals surface area contributed by atoms with E-state index in [-0.39, 0.29) is 12.1 Å². The smallest absolute Gasteiger partial charge is 0.329 e. The number of benzene rings is 1. The molecule has 8 nitrogen and oxygen atoms in total. The van der Waals surface area contributed by atoms with Gasteiger partial charge in [0, 0.05) is 51.2 Å². The van der Waals surface area contributed by atoms with Gasteiger partial charge in [0.15, 0.2) is 11.6 Å². The molecule has 0 radical (unpaired) electrons. The Balaban J connectivity index is 1.53. The van der Waals surface area contributed by atoms with Crippen LogP contribution in [0, 0.1) is 0 Å². The Labute approximate surface area is 174 Å². The van der Waals surface area contributed by atoms with Gasteiger partial charge in [0.25, 0.3) is 0 Å². The number of nitrogens with zero attached hydrogens (tertiary/aromatic N) is 6. The van der Waals surface area contributed by atoms with E-state index < -0.39 is 0 Å². The van der Waals surface area contributed by atoms with E-state index >= 15 is 0 Å². The number of nitrogens with one attached hydrogen (secondary N) is 1. The maximum absolute atomic E-state index is 13.2. The zero-order valence-electron chi connectivity index (χ0n) is 17.0. The highest BCUT2D eigenvalue weighted by Crippen LogP contribution is 2.40. The van der Waals surface area contributed by atoms with Crippen molar-refractivity contribution < 1.29 is 4.79 Å². The van der Waals surface area contributed by atoms with E-state index in [2.05, 4.69) is 32.4 Å². The van der Waals surface area contributed by atoms with Gasteiger partial charge in [-0.1, -0.05) is 18.2 Å². The van der Waals surface area contributed by atoms with E-state index in [1.54, 1.807) is 28.9 Å². The van der Waals surface area contributed by atoms with Gasteiger partial charge in [-0.2, -0.15) is 5.10 Å². The molecule has 0 saturated carbocycles. The molecule has 1 N–H and O–H groups in total. The standard InChI is InChI=1S/C22H23N7O/c1-23-13-15-4-3-5-16(12-15)18-6-7-19-21(24-18)29(17-8-11-28(19)14-17)22(30)25-20-9-10-27(2)26-20/h3-7,9-10,12-13,17H,8,11,14H2,1-2H3,(H,25,26,30)/b23-13+/t17-/m0/s1. The fourth-order valence-electron chi connectivity index (χ4n) is 4.21. The molecule has 3 aromatic rings. The molecule has 8 heteroatoms.